The van der Waals surface area contributed by atoms with E-state index in [2.05, 4.69) is 23.4 Å². The molecule has 0 aliphatic rings. The first-order valence-electron chi connectivity index (χ1n) is 5.25. The molecule has 0 aliphatic heterocycles. The minimum atomic E-state index is -0.817. The van der Waals surface area contributed by atoms with Gasteiger partial charge in [-0.3, -0.25) is 4.79 Å². The van der Waals surface area contributed by atoms with Crippen LogP contribution >= 0.6 is 0 Å². The fourth-order valence-corrected chi connectivity index (χ4v) is 1.77. The number of benzene rings is 1. The number of carboxylic acid groups (broad SMARTS) is 1. The lowest BCUT2D eigenvalue weighted by molar-refractivity contribution is -0.136. The number of nitrogens with zero attached hydrogens (tertiary/aromatic N) is 2. The summed E-state index contributed by atoms with van der Waals surface area (Å²) in [5, 5.41) is 8.71. The predicted molar refractivity (Wildman–Crippen MR) is 61.5 cm³/mol. The molecule has 0 spiro atoms. The maximum absolute atomic E-state index is 10.6. The number of imidazole rings is 1. The Morgan fingerprint density at radius 2 is 2.25 bits per heavy atom. The number of carboxylic acids is 1. The molecule has 1 aromatic heterocycles. The van der Waals surface area contributed by atoms with Crippen LogP contribution in [0, 0.1) is 0 Å². The molecule has 2 rings (SSSR count). The molecule has 1 aromatic carbocycles. The van der Waals surface area contributed by atoms with Crippen LogP contribution in [0.1, 0.15) is 25.5 Å². The molecule has 0 radical (unpaired) electrons. The van der Waals surface area contributed by atoms with E-state index in [9.17, 15) is 4.79 Å². The summed E-state index contributed by atoms with van der Waals surface area (Å²) in [4.78, 5) is 14.9. The zero-order chi connectivity index (χ0) is 11.7. The Bertz CT molecular complexity index is 529. The van der Waals surface area contributed by atoms with Crippen LogP contribution in [-0.2, 0) is 11.2 Å². The number of rotatable bonds is 3. The highest BCUT2D eigenvalue weighted by molar-refractivity contribution is 5.78. The highest BCUT2D eigenvalue weighted by atomic mass is 16.4. The van der Waals surface area contributed by atoms with Gasteiger partial charge >= 0.3 is 5.97 Å². The minimum Gasteiger partial charge on any atom is -0.481 e. The van der Waals surface area contributed by atoms with Crippen LogP contribution in [0.15, 0.2) is 24.5 Å². The molecule has 0 atom stereocenters. The molecule has 0 saturated carbocycles. The van der Waals surface area contributed by atoms with Gasteiger partial charge in [0.2, 0.25) is 0 Å². The van der Waals surface area contributed by atoms with Gasteiger partial charge in [0.1, 0.15) is 0 Å². The van der Waals surface area contributed by atoms with E-state index in [0.29, 0.717) is 6.04 Å². The number of carbonyl (C=O) groups is 1. The second-order valence-electron chi connectivity index (χ2n) is 4.14. The summed E-state index contributed by atoms with van der Waals surface area (Å²) in [6.07, 6.45) is 1.84. The summed E-state index contributed by atoms with van der Waals surface area (Å²) in [5.74, 6) is -0.817. The van der Waals surface area contributed by atoms with Crippen LogP contribution in [0.3, 0.4) is 0 Å². The second kappa shape index (κ2) is 3.96. The first kappa shape index (κ1) is 10.7. The zero-order valence-corrected chi connectivity index (χ0v) is 9.34. The van der Waals surface area contributed by atoms with Gasteiger partial charge in [-0.25, -0.2) is 4.98 Å². The van der Waals surface area contributed by atoms with Crippen molar-refractivity contribution in [1.29, 1.82) is 0 Å². The molecular formula is C12H14N2O2. The smallest absolute Gasteiger partial charge is 0.307 e. The highest BCUT2D eigenvalue weighted by Crippen LogP contribution is 2.18. The molecule has 0 bridgehead atoms. The van der Waals surface area contributed by atoms with Gasteiger partial charge in [0.25, 0.3) is 0 Å². The minimum absolute atomic E-state index is 0.0461. The maximum atomic E-state index is 10.6. The van der Waals surface area contributed by atoms with Gasteiger partial charge in [-0.05, 0) is 31.5 Å². The van der Waals surface area contributed by atoms with Crippen molar-refractivity contribution >= 4 is 17.0 Å². The number of hydrogen-bond donors (Lipinski definition) is 1. The van der Waals surface area contributed by atoms with Gasteiger partial charge < -0.3 is 9.67 Å². The standard InChI is InChI=1S/C12H14N2O2/c1-8(2)14-7-13-10-5-9(6-12(15)16)3-4-11(10)14/h3-5,7-8H,6H2,1-2H3,(H,15,16). The van der Waals surface area contributed by atoms with Crippen molar-refractivity contribution in [2.24, 2.45) is 0 Å². The fourth-order valence-electron chi connectivity index (χ4n) is 1.77. The average molecular weight is 218 g/mol. The lowest BCUT2D eigenvalue weighted by Gasteiger charge is -2.07. The Balaban J connectivity index is 2.45. The van der Waals surface area contributed by atoms with Crippen LogP contribution in [0.4, 0.5) is 0 Å². The predicted octanol–water partition coefficient (Wildman–Crippen LogP) is 2.24. The molecule has 0 fully saturated rings. The number of aromatic nitrogens is 2. The summed E-state index contributed by atoms with van der Waals surface area (Å²) >= 11 is 0. The molecule has 0 saturated heterocycles. The highest BCUT2D eigenvalue weighted by Gasteiger charge is 2.07. The molecule has 1 heterocycles. The molecule has 84 valence electrons. The van der Waals surface area contributed by atoms with E-state index in [-0.39, 0.29) is 6.42 Å². The topological polar surface area (TPSA) is 55.1 Å². The second-order valence-corrected chi connectivity index (χ2v) is 4.14. The molecule has 0 unspecified atom stereocenters. The van der Waals surface area contributed by atoms with E-state index in [4.69, 9.17) is 5.11 Å². The Kier molecular flexibility index (Phi) is 2.64. The maximum Gasteiger partial charge on any atom is 0.307 e. The van der Waals surface area contributed by atoms with Crippen molar-refractivity contribution in [3.8, 4) is 0 Å². The van der Waals surface area contributed by atoms with E-state index >= 15 is 0 Å². The molecule has 0 aliphatic carbocycles. The number of aliphatic carboxylic acids is 1. The monoisotopic (exact) mass is 218 g/mol. The van der Waals surface area contributed by atoms with E-state index in [1.807, 2.05) is 18.2 Å². The lowest BCUT2D eigenvalue weighted by atomic mass is 10.1. The quantitative estimate of drug-likeness (QED) is 0.859. The van der Waals surface area contributed by atoms with Gasteiger partial charge in [-0.1, -0.05) is 6.07 Å². The van der Waals surface area contributed by atoms with Gasteiger partial charge in [0.15, 0.2) is 0 Å². The molecule has 4 nitrogen and oxygen atoms in total. The Morgan fingerprint density at radius 3 is 2.88 bits per heavy atom. The van der Waals surface area contributed by atoms with Crippen molar-refractivity contribution in [1.82, 2.24) is 9.55 Å². The van der Waals surface area contributed by atoms with Crippen LogP contribution < -0.4 is 0 Å². The van der Waals surface area contributed by atoms with Gasteiger partial charge in [-0.15, -0.1) is 0 Å². The van der Waals surface area contributed by atoms with Crippen molar-refractivity contribution in [2.75, 3.05) is 0 Å². The first-order valence-corrected chi connectivity index (χ1v) is 5.25. The van der Waals surface area contributed by atoms with Crippen LogP contribution in [-0.4, -0.2) is 20.6 Å². The molecule has 0 amide bonds. The summed E-state index contributed by atoms with van der Waals surface area (Å²) in [6.45, 7) is 4.18. The fraction of sp³-hybridized carbons (Fsp3) is 0.333. The van der Waals surface area contributed by atoms with Crippen molar-refractivity contribution in [3.63, 3.8) is 0 Å². The van der Waals surface area contributed by atoms with Crippen molar-refractivity contribution < 1.29 is 9.90 Å². The van der Waals surface area contributed by atoms with Gasteiger partial charge in [-0.2, -0.15) is 0 Å². The summed E-state index contributed by atoms with van der Waals surface area (Å²) in [5.41, 5.74) is 2.69. The van der Waals surface area contributed by atoms with E-state index in [1.54, 1.807) is 6.33 Å². The summed E-state index contributed by atoms with van der Waals surface area (Å²) in [6, 6.07) is 5.97. The Hall–Kier alpha value is -1.84. The Morgan fingerprint density at radius 1 is 1.50 bits per heavy atom. The Labute approximate surface area is 93.5 Å². The lowest BCUT2D eigenvalue weighted by Crippen LogP contribution is -2.00. The molecule has 16 heavy (non-hydrogen) atoms. The third-order valence-corrected chi connectivity index (χ3v) is 2.55. The zero-order valence-electron chi connectivity index (χ0n) is 9.34. The number of hydrogen-bond acceptors (Lipinski definition) is 2. The molecule has 4 heteroatoms. The van der Waals surface area contributed by atoms with Crippen molar-refractivity contribution in [2.45, 2.75) is 26.3 Å². The number of fused-ring (bicyclic) bond motifs is 1. The van der Waals surface area contributed by atoms with Crippen LogP contribution in [0.5, 0.6) is 0 Å². The van der Waals surface area contributed by atoms with E-state index in [0.717, 1.165) is 16.6 Å². The van der Waals surface area contributed by atoms with Gasteiger partial charge in [0.05, 0.1) is 23.8 Å². The molecular weight excluding hydrogens is 204 g/mol. The largest absolute Gasteiger partial charge is 0.481 e. The normalized spacial score (nSPS) is 11.2. The first-order chi connectivity index (χ1) is 7.58. The SMILES string of the molecule is CC(C)n1cnc2cc(CC(=O)O)ccc21. The third-order valence-electron chi connectivity index (χ3n) is 2.55. The van der Waals surface area contributed by atoms with E-state index < -0.39 is 5.97 Å². The van der Waals surface area contributed by atoms with E-state index in [1.165, 1.54) is 0 Å². The van der Waals surface area contributed by atoms with Gasteiger partial charge in [0, 0.05) is 6.04 Å². The van der Waals surface area contributed by atoms with Crippen molar-refractivity contribution in [3.05, 3.63) is 30.1 Å². The van der Waals surface area contributed by atoms with Crippen LogP contribution in [0.25, 0.3) is 11.0 Å². The molecule has 2 aromatic rings. The summed E-state index contributed by atoms with van der Waals surface area (Å²) in [7, 11) is 0. The third kappa shape index (κ3) is 1.91. The summed E-state index contributed by atoms with van der Waals surface area (Å²) < 4.78 is 2.07. The van der Waals surface area contributed by atoms with Crippen LogP contribution in [0.2, 0.25) is 0 Å². The average Bonchev–Trinajstić information content (AvgIpc) is 2.59. The molecule has 1 N–H and O–H groups in total.